The third-order valence-corrected chi connectivity index (χ3v) is 4.73. The molecule has 0 fully saturated rings. The van der Waals surface area contributed by atoms with Gasteiger partial charge in [0.25, 0.3) is 5.91 Å². The van der Waals surface area contributed by atoms with Crippen molar-refractivity contribution in [1.29, 1.82) is 0 Å². The first-order valence-electron chi connectivity index (χ1n) is 9.74. The zero-order valence-corrected chi connectivity index (χ0v) is 16.5. The maximum Gasteiger partial charge on any atom is 0.387 e. The van der Waals surface area contributed by atoms with E-state index in [-0.39, 0.29) is 29.7 Å². The third-order valence-electron chi connectivity index (χ3n) is 4.73. The Kier molecular flexibility index (Phi) is 7.21. The quantitative estimate of drug-likeness (QED) is 0.654. The molecule has 2 aromatic rings. The van der Waals surface area contributed by atoms with Gasteiger partial charge in [-0.1, -0.05) is 24.3 Å². The largest absolute Gasteiger partial charge is 0.490 e. The number of rotatable bonds is 8. The molecule has 0 aliphatic heterocycles. The van der Waals surface area contributed by atoms with E-state index in [1.54, 1.807) is 6.92 Å². The molecule has 8 heteroatoms. The van der Waals surface area contributed by atoms with Crippen molar-refractivity contribution >= 4 is 11.9 Å². The molecule has 0 radical (unpaired) electrons. The van der Waals surface area contributed by atoms with Crippen LogP contribution < -0.4 is 14.8 Å². The molecule has 1 amide bonds. The van der Waals surface area contributed by atoms with Crippen molar-refractivity contribution < 1.29 is 32.6 Å². The second-order valence-electron chi connectivity index (χ2n) is 6.76. The summed E-state index contributed by atoms with van der Waals surface area (Å²) in [4.78, 5) is 24.6. The Bertz CT molecular complexity index is 903. The van der Waals surface area contributed by atoms with Crippen LogP contribution in [0.5, 0.6) is 11.5 Å². The number of carbonyl (C=O) groups excluding carboxylic acids is 2. The number of benzene rings is 2. The third kappa shape index (κ3) is 5.46. The lowest BCUT2D eigenvalue weighted by Crippen LogP contribution is -2.34. The summed E-state index contributed by atoms with van der Waals surface area (Å²) < 4.78 is 39.7. The molecule has 30 heavy (non-hydrogen) atoms. The summed E-state index contributed by atoms with van der Waals surface area (Å²) in [5.74, 6) is -1.36. The normalized spacial score (nSPS) is 15.3. The fourth-order valence-corrected chi connectivity index (χ4v) is 3.45. The molecule has 160 valence electrons. The zero-order valence-electron chi connectivity index (χ0n) is 16.5. The number of aryl methyl sites for hydroxylation is 1. The number of carbonyl (C=O) groups is 2. The minimum absolute atomic E-state index is 0.00415. The SMILES string of the molecule is CCOc1cc(C(=O)OCC(=O)N[C@@H]2CCCc3ccccc32)ccc1OC(F)F. The van der Waals surface area contributed by atoms with E-state index in [0.717, 1.165) is 24.8 Å². The van der Waals surface area contributed by atoms with E-state index in [4.69, 9.17) is 9.47 Å². The molecule has 0 saturated heterocycles. The van der Waals surface area contributed by atoms with Crippen LogP contribution in [0.2, 0.25) is 0 Å². The Morgan fingerprint density at radius 1 is 1.17 bits per heavy atom. The second-order valence-corrected chi connectivity index (χ2v) is 6.76. The Morgan fingerprint density at radius 2 is 1.97 bits per heavy atom. The van der Waals surface area contributed by atoms with Gasteiger partial charge in [0.15, 0.2) is 18.1 Å². The molecule has 0 aromatic heterocycles. The van der Waals surface area contributed by atoms with Gasteiger partial charge in [-0.2, -0.15) is 8.78 Å². The van der Waals surface area contributed by atoms with Gasteiger partial charge in [0.05, 0.1) is 18.2 Å². The van der Waals surface area contributed by atoms with Crippen LogP contribution in [-0.2, 0) is 16.0 Å². The molecule has 6 nitrogen and oxygen atoms in total. The number of amides is 1. The standard InChI is InChI=1S/C22H23F2NO5/c1-2-28-19-12-15(10-11-18(19)30-22(23)24)21(27)29-13-20(26)25-17-9-5-7-14-6-3-4-8-16(14)17/h3-4,6,8,10-12,17,22H,2,5,7,9,13H2,1H3,(H,25,26)/t17-/m1/s1. The molecule has 2 aromatic carbocycles. The number of fused-ring (bicyclic) bond motifs is 1. The Labute approximate surface area is 173 Å². The van der Waals surface area contributed by atoms with E-state index >= 15 is 0 Å². The van der Waals surface area contributed by atoms with E-state index in [1.807, 2.05) is 24.3 Å². The van der Waals surface area contributed by atoms with Crippen molar-refractivity contribution in [2.75, 3.05) is 13.2 Å². The molecule has 0 unspecified atom stereocenters. The highest BCUT2D eigenvalue weighted by molar-refractivity contribution is 5.92. The molecule has 1 aliphatic carbocycles. The van der Waals surface area contributed by atoms with Gasteiger partial charge in [0, 0.05) is 0 Å². The van der Waals surface area contributed by atoms with Crippen LogP contribution in [0.15, 0.2) is 42.5 Å². The van der Waals surface area contributed by atoms with Gasteiger partial charge in [0.2, 0.25) is 0 Å². The van der Waals surface area contributed by atoms with E-state index in [9.17, 15) is 18.4 Å². The van der Waals surface area contributed by atoms with Crippen molar-refractivity contribution in [2.45, 2.75) is 38.8 Å². The Balaban J connectivity index is 1.59. The number of alkyl halides is 2. The summed E-state index contributed by atoms with van der Waals surface area (Å²) in [6.07, 6.45) is 2.76. The van der Waals surface area contributed by atoms with Gasteiger partial charge in [-0.05, 0) is 55.5 Å². The van der Waals surface area contributed by atoms with Crippen LogP contribution >= 0.6 is 0 Å². The minimum Gasteiger partial charge on any atom is -0.490 e. The van der Waals surface area contributed by atoms with Crippen LogP contribution in [0.1, 0.15) is 47.3 Å². The van der Waals surface area contributed by atoms with E-state index in [0.29, 0.717) is 0 Å². The van der Waals surface area contributed by atoms with Gasteiger partial charge in [0.1, 0.15) is 0 Å². The molecular weight excluding hydrogens is 396 g/mol. The van der Waals surface area contributed by atoms with Gasteiger partial charge < -0.3 is 19.5 Å². The summed E-state index contributed by atoms with van der Waals surface area (Å²) >= 11 is 0. The first-order valence-corrected chi connectivity index (χ1v) is 9.74. The molecule has 0 bridgehead atoms. The number of hydrogen-bond donors (Lipinski definition) is 1. The average Bonchev–Trinajstić information content (AvgIpc) is 2.73. The number of esters is 1. The highest BCUT2D eigenvalue weighted by Crippen LogP contribution is 2.31. The van der Waals surface area contributed by atoms with Crippen molar-refractivity contribution in [3.8, 4) is 11.5 Å². The first kappa shape index (κ1) is 21.5. The van der Waals surface area contributed by atoms with Crippen LogP contribution in [0.25, 0.3) is 0 Å². The topological polar surface area (TPSA) is 73.9 Å². The first-order chi connectivity index (χ1) is 14.5. The maximum atomic E-state index is 12.5. The van der Waals surface area contributed by atoms with Gasteiger partial charge >= 0.3 is 12.6 Å². The summed E-state index contributed by atoms with van der Waals surface area (Å²) in [6, 6.07) is 11.6. The van der Waals surface area contributed by atoms with Crippen molar-refractivity contribution in [3.63, 3.8) is 0 Å². The van der Waals surface area contributed by atoms with E-state index < -0.39 is 25.1 Å². The highest BCUT2D eigenvalue weighted by Gasteiger charge is 2.22. The van der Waals surface area contributed by atoms with Crippen LogP contribution in [0.4, 0.5) is 8.78 Å². The van der Waals surface area contributed by atoms with Crippen molar-refractivity contribution in [1.82, 2.24) is 5.32 Å². The second kappa shape index (κ2) is 10.0. The Hall–Kier alpha value is -3.16. The smallest absolute Gasteiger partial charge is 0.387 e. The maximum absolute atomic E-state index is 12.5. The minimum atomic E-state index is -3.02. The van der Waals surface area contributed by atoms with E-state index in [2.05, 4.69) is 10.1 Å². The fourth-order valence-electron chi connectivity index (χ4n) is 3.45. The van der Waals surface area contributed by atoms with Crippen LogP contribution in [-0.4, -0.2) is 31.7 Å². The van der Waals surface area contributed by atoms with Gasteiger partial charge in [-0.25, -0.2) is 4.79 Å². The lowest BCUT2D eigenvalue weighted by Gasteiger charge is -2.26. The summed E-state index contributed by atoms with van der Waals surface area (Å²) in [5, 5.41) is 2.90. The highest BCUT2D eigenvalue weighted by atomic mass is 19.3. The van der Waals surface area contributed by atoms with Gasteiger partial charge in [-0.3, -0.25) is 4.79 Å². The molecule has 3 rings (SSSR count). The fraction of sp³-hybridized carbons (Fsp3) is 0.364. The molecule has 1 N–H and O–H groups in total. The van der Waals surface area contributed by atoms with E-state index in [1.165, 1.54) is 23.8 Å². The predicted octanol–water partition coefficient (Wildman–Crippen LogP) is 4.04. The number of ether oxygens (including phenoxy) is 3. The van der Waals surface area contributed by atoms with Crippen molar-refractivity contribution in [3.05, 3.63) is 59.2 Å². The number of nitrogens with one attached hydrogen (secondary N) is 1. The van der Waals surface area contributed by atoms with Gasteiger partial charge in [-0.15, -0.1) is 0 Å². The Morgan fingerprint density at radius 3 is 2.73 bits per heavy atom. The molecule has 1 atom stereocenters. The molecule has 0 heterocycles. The summed E-state index contributed by atoms with van der Waals surface area (Å²) in [6.45, 7) is -1.60. The summed E-state index contributed by atoms with van der Waals surface area (Å²) in [7, 11) is 0. The zero-order chi connectivity index (χ0) is 21.5. The monoisotopic (exact) mass is 419 g/mol. The van der Waals surface area contributed by atoms with Crippen LogP contribution in [0, 0.1) is 0 Å². The average molecular weight is 419 g/mol. The lowest BCUT2D eigenvalue weighted by molar-refractivity contribution is -0.125. The lowest BCUT2D eigenvalue weighted by atomic mass is 9.88. The number of hydrogen-bond acceptors (Lipinski definition) is 5. The molecule has 1 aliphatic rings. The molecular formula is C22H23F2NO5. The summed E-state index contributed by atoms with van der Waals surface area (Å²) in [5.41, 5.74) is 2.36. The van der Waals surface area contributed by atoms with Crippen LogP contribution in [0.3, 0.4) is 0 Å². The molecule has 0 saturated carbocycles. The predicted molar refractivity (Wildman–Crippen MR) is 105 cm³/mol. The molecule has 0 spiro atoms. The van der Waals surface area contributed by atoms with Crippen molar-refractivity contribution in [2.24, 2.45) is 0 Å². The number of halogens is 2.